The molecule has 0 fully saturated rings. The first-order valence-corrected chi connectivity index (χ1v) is 8.27. The third-order valence-electron chi connectivity index (χ3n) is 4.16. The van der Waals surface area contributed by atoms with Crippen LogP contribution >= 0.6 is 0 Å². The van der Waals surface area contributed by atoms with Crippen LogP contribution in [0.25, 0.3) is 10.9 Å². The van der Waals surface area contributed by atoms with Crippen molar-refractivity contribution >= 4 is 22.5 Å². The van der Waals surface area contributed by atoms with Crippen LogP contribution in [0, 0.1) is 11.3 Å². The number of nitrogens with one attached hydrogen (secondary N) is 2. The minimum atomic E-state index is -0.309. The summed E-state index contributed by atoms with van der Waals surface area (Å²) in [6.45, 7) is 6.16. The largest absolute Gasteiger partial charge is 0.322 e. The van der Waals surface area contributed by atoms with E-state index >= 15 is 0 Å². The Labute approximate surface area is 151 Å². The Morgan fingerprint density at radius 3 is 2.58 bits per heavy atom. The number of benzene rings is 2. The summed E-state index contributed by atoms with van der Waals surface area (Å²) >= 11 is 0. The smallest absolute Gasteiger partial charge is 0.255 e. The van der Waals surface area contributed by atoms with Crippen molar-refractivity contribution in [2.75, 3.05) is 5.32 Å². The highest BCUT2D eigenvalue weighted by molar-refractivity contribution is 6.05. The maximum atomic E-state index is 12.4. The molecule has 0 atom stereocenters. The fourth-order valence-electron chi connectivity index (χ4n) is 2.89. The first-order valence-electron chi connectivity index (χ1n) is 8.27. The predicted octanol–water partition coefficient (Wildman–Crippen LogP) is 3.95. The maximum absolute atomic E-state index is 12.4. The van der Waals surface area contributed by atoms with Crippen molar-refractivity contribution in [3.8, 4) is 6.07 Å². The van der Waals surface area contributed by atoms with Gasteiger partial charge in [0.1, 0.15) is 0 Å². The summed E-state index contributed by atoms with van der Waals surface area (Å²) in [5, 5.41) is 12.7. The zero-order valence-corrected chi connectivity index (χ0v) is 14.9. The molecule has 0 saturated heterocycles. The van der Waals surface area contributed by atoms with E-state index in [0.29, 0.717) is 22.3 Å². The van der Waals surface area contributed by atoms with E-state index in [1.165, 1.54) is 6.07 Å². The molecule has 1 aromatic heterocycles. The molecule has 1 amide bonds. The van der Waals surface area contributed by atoms with Crippen LogP contribution in [-0.2, 0) is 5.41 Å². The SMILES string of the molecule is CC(C)(C)c1cc(=O)[nH]c2cc(NC(=O)c3cccc(C#N)c3)ccc12. The molecule has 26 heavy (non-hydrogen) atoms. The summed E-state index contributed by atoms with van der Waals surface area (Å²) in [7, 11) is 0. The number of nitriles is 1. The quantitative estimate of drug-likeness (QED) is 0.737. The number of hydrogen-bond donors (Lipinski definition) is 2. The van der Waals surface area contributed by atoms with Crippen molar-refractivity contribution in [2.24, 2.45) is 0 Å². The van der Waals surface area contributed by atoms with Crippen LogP contribution in [0.1, 0.15) is 42.3 Å². The summed E-state index contributed by atoms with van der Waals surface area (Å²) in [6.07, 6.45) is 0. The molecular weight excluding hydrogens is 326 g/mol. The van der Waals surface area contributed by atoms with Crippen molar-refractivity contribution < 1.29 is 4.79 Å². The molecule has 5 heteroatoms. The second-order valence-electron chi connectivity index (χ2n) is 7.20. The molecule has 0 aliphatic carbocycles. The van der Waals surface area contributed by atoms with E-state index in [1.54, 1.807) is 30.3 Å². The number of pyridine rings is 1. The summed E-state index contributed by atoms with van der Waals surface area (Å²) < 4.78 is 0. The average Bonchev–Trinajstić information content (AvgIpc) is 2.60. The van der Waals surface area contributed by atoms with Crippen LogP contribution in [0.5, 0.6) is 0 Å². The number of carbonyl (C=O) groups excluding carboxylic acids is 1. The molecular formula is C21H19N3O2. The van der Waals surface area contributed by atoms with Gasteiger partial charge in [-0.2, -0.15) is 5.26 Å². The molecule has 0 unspecified atom stereocenters. The monoisotopic (exact) mass is 345 g/mol. The van der Waals surface area contributed by atoms with Crippen LogP contribution < -0.4 is 10.9 Å². The van der Waals surface area contributed by atoms with Crippen LogP contribution in [0.3, 0.4) is 0 Å². The molecule has 0 aliphatic heterocycles. The van der Waals surface area contributed by atoms with E-state index < -0.39 is 0 Å². The molecule has 5 nitrogen and oxygen atoms in total. The molecule has 130 valence electrons. The topological polar surface area (TPSA) is 85.8 Å². The summed E-state index contributed by atoms with van der Waals surface area (Å²) in [4.78, 5) is 27.2. The highest BCUT2D eigenvalue weighted by Crippen LogP contribution is 2.29. The number of carbonyl (C=O) groups is 1. The molecule has 3 aromatic rings. The van der Waals surface area contributed by atoms with E-state index in [-0.39, 0.29) is 16.9 Å². The van der Waals surface area contributed by atoms with Gasteiger partial charge in [-0.25, -0.2) is 0 Å². The second kappa shape index (κ2) is 6.49. The van der Waals surface area contributed by atoms with Gasteiger partial charge in [0.15, 0.2) is 0 Å². The lowest BCUT2D eigenvalue weighted by atomic mass is 9.85. The average molecular weight is 345 g/mol. The first kappa shape index (κ1) is 17.4. The molecule has 0 aliphatic rings. The molecule has 2 N–H and O–H groups in total. The number of nitrogens with zero attached hydrogens (tertiary/aromatic N) is 1. The standard InChI is InChI=1S/C21H19N3O2/c1-21(2,3)17-11-19(25)24-18-10-15(7-8-16(17)18)23-20(26)14-6-4-5-13(9-14)12-22/h4-11H,1-3H3,(H,23,26)(H,24,25). The van der Waals surface area contributed by atoms with Gasteiger partial charge < -0.3 is 10.3 Å². The molecule has 0 bridgehead atoms. The van der Waals surface area contributed by atoms with E-state index in [4.69, 9.17) is 5.26 Å². The van der Waals surface area contributed by atoms with Crippen LogP contribution in [-0.4, -0.2) is 10.9 Å². The molecule has 1 heterocycles. The van der Waals surface area contributed by atoms with Gasteiger partial charge in [-0.1, -0.05) is 32.9 Å². The van der Waals surface area contributed by atoms with Gasteiger partial charge in [-0.15, -0.1) is 0 Å². The number of anilines is 1. The second-order valence-corrected chi connectivity index (χ2v) is 7.20. The first-order chi connectivity index (χ1) is 12.3. The maximum Gasteiger partial charge on any atom is 0.255 e. The number of H-pyrrole nitrogens is 1. The van der Waals surface area contributed by atoms with Crippen molar-refractivity contribution in [1.82, 2.24) is 4.98 Å². The summed E-state index contributed by atoms with van der Waals surface area (Å²) in [5.74, 6) is -0.309. The van der Waals surface area contributed by atoms with E-state index in [0.717, 1.165) is 10.9 Å². The highest BCUT2D eigenvalue weighted by atomic mass is 16.1. The van der Waals surface area contributed by atoms with Crippen molar-refractivity contribution in [3.63, 3.8) is 0 Å². The van der Waals surface area contributed by atoms with E-state index in [1.807, 2.05) is 18.2 Å². The Morgan fingerprint density at radius 2 is 1.88 bits per heavy atom. The number of amides is 1. The Morgan fingerprint density at radius 1 is 1.12 bits per heavy atom. The minimum absolute atomic E-state index is 0.172. The zero-order chi connectivity index (χ0) is 18.9. The van der Waals surface area contributed by atoms with Gasteiger partial charge in [0.25, 0.3) is 5.91 Å². The fraction of sp³-hybridized carbons (Fsp3) is 0.190. The van der Waals surface area contributed by atoms with E-state index in [9.17, 15) is 9.59 Å². The predicted molar refractivity (Wildman–Crippen MR) is 102 cm³/mol. The van der Waals surface area contributed by atoms with Crippen molar-refractivity contribution in [3.05, 3.63) is 75.6 Å². The third kappa shape index (κ3) is 3.50. The normalized spacial score (nSPS) is 11.2. The lowest BCUT2D eigenvalue weighted by molar-refractivity contribution is 0.102. The number of hydrogen-bond acceptors (Lipinski definition) is 3. The Kier molecular flexibility index (Phi) is 4.35. The van der Waals surface area contributed by atoms with Crippen molar-refractivity contribution in [2.45, 2.75) is 26.2 Å². The van der Waals surface area contributed by atoms with Gasteiger partial charge in [-0.3, -0.25) is 9.59 Å². The van der Waals surface area contributed by atoms with Gasteiger partial charge in [0.2, 0.25) is 5.56 Å². The fourth-order valence-corrected chi connectivity index (χ4v) is 2.89. The Balaban J connectivity index is 1.98. The lowest BCUT2D eigenvalue weighted by Crippen LogP contribution is -2.17. The molecule has 3 rings (SSSR count). The van der Waals surface area contributed by atoms with Crippen LogP contribution in [0.15, 0.2) is 53.3 Å². The van der Waals surface area contributed by atoms with Gasteiger partial charge >= 0.3 is 0 Å². The zero-order valence-electron chi connectivity index (χ0n) is 14.9. The Hall–Kier alpha value is -3.39. The molecule has 0 saturated carbocycles. The number of aromatic nitrogens is 1. The number of rotatable bonds is 2. The summed E-state index contributed by atoms with van der Waals surface area (Å²) in [6, 6.07) is 15.6. The highest BCUT2D eigenvalue weighted by Gasteiger charge is 2.18. The molecule has 0 radical (unpaired) electrons. The van der Waals surface area contributed by atoms with Crippen LogP contribution in [0.2, 0.25) is 0 Å². The minimum Gasteiger partial charge on any atom is -0.322 e. The summed E-state index contributed by atoms with van der Waals surface area (Å²) in [5.41, 5.74) is 2.69. The third-order valence-corrected chi connectivity index (χ3v) is 4.16. The molecule has 0 spiro atoms. The van der Waals surface area contributed by atoms with Gasteiger partial charge in [-0.05, 0) is 41.3 Å². The van der Waals surface area contributed by atoms with Crippen LogP contribution in [0.4, 0.5) is 5.69 Å². The van der Waals surface area contributed by atoms with Gasteiger partial charge in [0.05, 0.1) is 17.1 Å². The lowest BCUT2D eigenvalue weighted by Gasteiger charge is -2.21. The Bertz CT molecular complexity index is 1100. The van der Waals surface area contributed by atoms with E-state index in [2.05, 4.69) is 31.1 Å². The number of fused-ring (bicyclic) bond motifs is 1. The molecule has 2 aromatic carbocycles. The van der Waals surface area contributed by atoms with Crippen molar-refractivity contribution in [1.29, 1.82) is 5.26 Å². The number of aromatic amines is 1. The van der Waals surface area contributed by atoms with Gasteiger partial charge in [0, 0.05) is 22.7 Å².